The highest BCUT2D eigenvalue weighted by molar-refractivity contribution is 5.95. The molecular weight excluding hydrogens is 286 g/mol. The Morgan fingerprint density at radius 3 is 2.77 bits per heavy atom. The number of hydrogen-bond acceptors (Lipinski definition) is 5. The molecule has 7 nitrogen and oxygen atoms in total. The molecule has 1 aromatic rings. The van der Waals surface area contributed by atoms with Crippen LogP contribution in [0.1, 0.15) is 37.0 Å². The van der Waals surface area contributed by atoms with Crippen molar-refractivity contribution in [3.63, 3.8) is 0 Å². The highest BCUT2D eigenvalue weighted by Crippen LogP contribution is 2.28. The minimum Gasteiger partial charge on any atom is -0.502 e. The predicted octanol–water partition coefficient (Wildman–Crippen LogP) is 1.90. The first kappa shape index (κ1) is 16.2. The number of phenols is 1. The second-order valence-corrected chi connectivity index (χ2v) is 5.77. The maximum absolute atomic E-state index is 12.8. The van der Waals surface area contributed by atoms with Gasteiger partial charge < -0.3 is 15.3 Å². The zero-order valence-electron chi connectivity index (χ0n) is 12.8. The van der Waals surface area contributed by atoms with E-state index in [1.807, 2.05) is 13.8 Å². The molecule has 0 aliphatic carbocycles. The Bertz CT molecular complexity index is 568. The number of nitro groups is 1. The molecule has 7 heteroatoms. The van der Waals surface area contributed by atoms with Crippen LogP contribution in [0.5, 0.6) is 5.75 Å². The molecule has 2 N–H and O–H groups in total. The van der Waals surface area contributed by atoms with E-state index in [4.69, 9.17) is 0 Å². The summed E-state index contributed by atoms with van der Waals surface area (Å²) in [5, 5.41) is 23.7. The lowest BCUT2D eigenvalue weighted by Crippen LogP contribution is -2.51. The van der Waals surface area contributed by atoms with E-state index in [-0.39, 0.29) is 23.6 Å². The molecule has 1 amide bonds. The lowest BCUT2D eigenvalue weighted by atomic mass is 10.0. The summed E-state index contributed by atoms with van der Waals surface area (Å²) in [5.41, 5.74) is -0.222. The molecule has 22 heavy (non-hydrogen) atoms. The molecule has 1 aliphatic rings. The second-order valence-electron chi connectivity index (χ2n) is 5.77. The molecular formula is C15H21N3O4. The minimum absolute atomic E-state index is 0.00902. The topological polar surface area (TPSA) is 95.7 Å². The van der Waals surface area contributed by atoms with E-state index in [0.717, 1.165) is 32.0 Å². The highest BCUT2D eigenvalue weighted by Gasteiger charge is 2.29. The van der Waals surface area contributed by atoms with Gasteiger partial charge in [-0.3, -0.25) is 14.9 Å². The van der Waals surface area contributed by atoms with Gasteiger partial charge in [0.15, 0.2) is 5.75 Å². The number of carbonyl (C=O) groups excluding carboxylic acids is 1. The number of phenolic OH excluding ortho intramolecular Hbond substituents is 1. The summed E-state index contributed by atoms with van der Waals surface area (Å²) in [4.78, 5) is 24.8. The first-order chi connectivity index (χ1) is 10.4. The second kappa shape index (κ2) is 6.74. The van der Waals surface area contributed by atoms with Gasteiger partial charge in [0.2, 0.25) is 0 Å². The molecule has 1 fully saturated rings. The number of carbonyl (C=O) groups is 1. The number of hydrogen-bond donors (Lipinski definition) is 2. The largest absolute Gasteiger partial charge is 0.502 e. The van der Waals surface area contributed by atoms with Crippen molar-refractivity contribution in [2.24, 2.45) is 0 Å². The molecule has 1 atom stereocenters. The van der Waals surface area contributed by atoms with Crippen molar-refractivity contribution in [3.8, 4) is 5.75 Å². The quantitative estimate of drug-likeness (QED) is 0.654. The van der Waals surface area contributed by atoms with Crippen LogP contribution in [0.15, 0.2) is 18.2 Å². The number of amides is 1. The van der Waals surface area contributed by atoms with Crippen molar-refractivity contribution in [3.05, 3.63) is 33.9 Å². The fourth-order valence-electron chi connectivity index (χ4n) is 2.84. The van der Waals surface area contributed by atoms with Gasteiger partial charge >= 0.3 is 5.69 Å². The van der Waals surface area contributed by atoms with Crippen molar-refractivity contribution in [2.45, 2.75) is 38.8 Å². The monoisotopic (exact) mass is 307 g/mol. The molecule has 0 unspecified atom stereocenters. The summed E-state index contributed by atoms with van der Waals surface area (Å²) in [5.74, 6) is -0.677. The summed E-state index contributed by atoms with van der Waals surface area (Å²) < 4.78 is 0. The lowest BCUT2D eigenvalue weighted by molar-refractivity contribution is -0.385. The van der Waals surface area contributed by atoms with Gasteiger partial charge in [-0.2, -0.15) is 0 Å². The Labute approximate surface area is 129 Å². The Balaban J connectivity index is 2.30. The standard InChI is InChI=1S/C15H21N3O4/c1-10(2)17(12-4-3-7-16-9-12)15(20)11-5-6-14(19)13(8-11)18(21)22/h5-6,8,10,12,16,19H,3-4,7,9H2,1-2H3/t12-/m1/s1. The van der Waals surface area contributed by atoms with Crippen molar-refractivity contribution < 1.29 is 14.8 Å². The van der Waals surface area contributed by atoms with Crippen LogP contribution < -0.4 is 5.32 Å². The predicted molar refractivity (Wildman–Crippen MR) is 82.0 cm³/mol. The van der Waals surface area contributed by atoms with E-state index in [0.29, 0.717) is 0 Å². The average Bonchev–Trinajstić information content (AvgIpc) is 2.48. The van der Waals surface area contributed by atoms with E-state index in [9.17, 15) is 20.0 Å². The third kappa shape index (κ3) is 3.36. The Kier molecular flexibility index (Phi) is 4.97. The van der Waals surface area contributed by atoms with Crippen molar-refractivity contribution in [1.82, 2.24) is 10.2 Å². The maximum Gasteiger partial charge on any atom is 0.311 e. The molecule has 1 heterocycles. The number of benzene rings is 1. The Hall–Kier alpha value is -2.15. The Morgan fingerprint density at radius 2 is 2.23 bits per heavy atom. The normalized spacial score (nSPS) is 18.2. The van der Waals surface area contributed by atoms with Gasteiger partial charge in [-0.05, 0) is 45.4 Å². The van der Waals surface area contributed by atoms with Gasteiger partial charge in [-0.15, -0.1) is 0 Å². The molecule has 120 valence electrons. The van der Waals surface area contributed by atoms with E-state index in [1.54, 1.807) is 4.90 Å². The summed E-state index contributed by atoms with van der Waals surface area (Å²) in [6.07, 6.45) is 1.91. The van der Waals surface area contributed by atoms with Crippen molar-refractivity contribution in [2.75, 3.05) is 13.1 Å². The number of nitrogens with one attached hydrogen (secondary N) is 1. The maximum atomic E-state index is 12.8. The van der Waals surface area contributed by atoms with E-state index >= 15 is 0 Å². The number of nitro benzene ring substituents is 1. The zero-order valence-corrected chi connectivity index (χ0v) is 12.8. The van der Waals surface area contributed by atoms with Crippen LogP contribution in [-0.4, -0.2) is 46.0 Å². The van der Waals surface area contributed by atoms with Crippen molar-refractivity contribution in [1.29, 1.82) is 0 Å². The fraction of sp³-hybridized carbons (Fsp3) is 0.533. The summed E-state index contributed by atoms with van der Waals surface area (Å²) in [6.45, 7) is 5.54. The molecule has 1 saturated heterocycles. The van der Waals surface area contributed by atoms with E-state index in [1.165, 1.54) is 12.1 Å². The molecule has 2 rings (SSSR count). The molecule has 1 aromatic carbocycles. The third-order valence-electron chi connectivity index (χ3n) is 3.87. The number of rotatable bonds is 4. The molecule has 0 bridgehead atoms. The van der Waals surface area contributed by atoms with Crippen LogP contribution in [0.4, 0.5) is 5.69 Å². The first-order valence-electron chi connectivity index (χ1n) is 7.42. The van der Waals surface area contributed by atoms with Crippen LogP contribution in [0.25, 0.3) is 0 Å². The molecule has 0 saturated carbocycles. The SMILES string of the molecule is CC(C)N(C(=O)c1ccc(O)c([N+](=O)[O-])c1)[C@@H]1CCCNC1. The number of piperidine rings is 1. The van der Waals surface area contributed by atoms with Gasteiger partial charge in [0.1, 0.15) is 0 Å². The van der Waals surface area contributed by atoms with Crippen LogP contribution >= 0.6 is 0 Å². The zero-order chi connectivity index (χ0) is 16.3. The number of aromatic hydroxyl groups is 1. The van der Waals surface area contributed by atoms with Crippen LogP contribution in [0, 0.1) is 10.1 Å². The third-order valence-corrected chi connectivity index (χ3v) is 3.87. The first-order valence-corrected chi connectivity index (χ1v) is 7.42. The summed E-state index contributed by atoms with van der Waals surface area (Å²) >= 11 is 0. The van der Waals surface area contributed by atoms with E-state index in [2.05, 4.69) is 5.32 Å². The van der Waals surface area contributed by atoms with Crippen molar-refractivity contribution >= 4 is 11.6 Å². The summed E-state index contributed by atoms with van der Waals surface area (Å²) in [7, 11) is 0. The molecule has 1 aliphatic heterocycles. The van der Waals surface area contributed by atoms with Gasteiger partial charge in [0.05, 0.1) is 4.92 Å². The van der Waals surface area contributed by atoms with Gasteiger partial charge in [0, 0.05) is 30.3 Å². The highest BCUT2D eigenvalue weighted by atomic mass is 16.6. The summed E-state index contributed by atoms with van der Waals surface area (Å²) in [6, 6.07) is 3.84. The van der Waals surface area contributed by atoms with Gasteiger partial charge in [0.25, 0.3) is 5.91 Å². The van der Waals surface area contributed by atoms with Crippen LogP contribution in [-0.2, 0) is 0 Å². The van der Waals surface area contributed by atoms with Crippen LogP contribution in [0.3, 0.4) is 0 Å². The molecule has 0 aromatic heterocycles. The lowest BCUT2D eigenvalue weighted by Gasteiger charge is -2.37. The fourth-order valence-corrected chi connectivity index (χ4v) is 2.84. The van der Waals surface area contributed by atoms with Gasteiger partial charge in [-0.1, -0.05) is 0 Å². The smallest absolute Gasteiger partial charge is 0.311 e. The van der Waals surface area contributed by atoms with Crippen LogP contribution in [0.2, 0.25) is 0 Å². The minimum atomic E-state index is -0.687. The molecule has 0 radical (unpaired) electrons. The molecule has 0 spiro atoms. The van der Waals surface area contributed by atoms with E-state index < -0.39 is 16.4 Å². The van der Waals surface area contributed by atoms with Gasteiger partial charge in [-0.25, -0.2) is 0 Å². The number of nitrogens with zero attached hydrogens (tertiary/aromatic N) is 2. The average molecular weight is 307 g/mol. The Morgan fingerprint density at radius 1 is 1.50 bits per heavy atom.